The van der Waals surface area contributed by atoms with Gasteiger partial charge in [-0.25, -0.2) is 4.39 Å². The van der Waals surface area contributed by atoms with Crippen LogP contribution in [0.15, 0.2) is 12.1 Å². The average molecular weight is 363 g/mol. The molecule has 0 bridgehead atoms. The highest BCUT2D eigenvalue weighted by Crippen LogP contribution is 2.42. The minimum atomic E-state index is -0.457. The number of piperidine rings is 2. The molecular formula is C18H22FN3O2S. The quantitative estimate of drug-likeness (QED) is 0.554. The first-order chi connectivity index (χ1) is 12.0. The van der Waals surface area contributed by atoms with Crippen molar-refractivity contribution in [3.8, 4) is 0 Å². The molecule has 2 N–H and O–H groups in total. The molecule has 4 rings (SSSR count). The number of hydrogen-bond donors (Lipinski definition) is 3. The topological polar surface area (TPSA) is 61.4 Å². The predicted octanol–water partition coefficient (Wildman–Crippen LogP) is 1.84. The summed E-state index contributed by atoms with van der Waals surface area (Å²) >= 11 is 4.58. The molecule has 5 nitrogen and oxygen atoms in total. The Hall–Kier alpha value is -1.44. The number of nitrogens with one attached hydrogen (secondary N) is 2. The van der Waals surface area contributed by atoms with Gasteiger partial charge in [-0.2, -0.15) is 12.6 Å². The summed E-state index contributed by atoms with van der Waals surface area (Å²) in [6, 6.07) is 3.30. The fourth-order valence-electron chi connectivity index (χ4n) is 4.24. The average Bonchev–Trinajstić information content (AvgIpc) is 2.93. The molecule has 2 amide bonds. The van der Waals surface area contributed by atoms with Crippen LogP contribution in [0.25, 0.3) is 0 Å². The van der Waals surface area contributed by atoms with Crippen molar-refractivity contribution in [2.75, 3.05) is 13.1 Å². The first kappa shape index (κ1) is 17.0. The molecule has 2 saturated heterocycles. The van der Waals surface area contributed by atoms with Crippen LogP contribution in [-0.2, 0) is 16.1 Å². The van der Waals surface area contributed by atoms with Crippen LogP contribution in [0.1, 0.15) is 53.7 Å². The van der Waals surface area contributed by atoms with Crippen LogP contribution in [0.3, 0.4) is 0 Å². The van der Waals surface area contributed by atoms with Crippen LogP contribution < -0.4 is 10.6 Å². The fourth-order valence-corrected chi connectivity index (χ4v) is 4.77. The third-order valence-electron chi connectivity index (χ3n) is 5.58. The number of nitrogens with zero attached hydrogens (tertiary/aromatic N) is 1. The van der Waals surface area contributed by atoms with Gasteiger partial charge in [0, 0.05) is 18.5 Å². The van der Waals surface area contributed by atoms with Crippen molar-refractivity contribution in [1.82, 2.24) is 15.5 Å². The second kappa shape index (κ2) is 6.70. The minimum absolute atomic E-state index is 0.235. The molecule has 7 heteroatoms. The Morgan fingerprint density at radius 2 is 1.92 bits per heavy atom. The Balaban J connectivity index is 1.60. The van der Waals surface area contributed by atoms with E-state index in [4.69, 9.17) is 0 Å². The first-order valence-electron chi connectivity index (χ1n) is 8.85. The van der Waals surface area contributed by atoms with Crippen LogP contribution in [0, 0.1) is 5.82 Å². The highest BCUT2D eigenvalue weighted by molar-refractivity contribution is 7.80. The van der Waals surface area contributed by atoms with E-state index in [0.29, 0.717) is 30.9 Å². The van der Waals surface area contributed by atoms with Gasteiger partial charge in [0.1, 0.15) is 5.82 Å². The van der Waals surface area contributed by atoms with E-state index in [1.165, 1.54) is 0 Å². The lowest BCUT2D eigenvalue weighted by Crippen LogP contribution is -2.51. The maximum atomic E-state index is 14.8. The van der Waals surface area contributed by atoms with E-state index < -0.39 is 11.4 Å². The molecule has 3 heterocycles. The monoisotopic (exact) mass is 363 g/mol. The summed E-state index contributed by atoms with van der Waals surface area (Å²) < 4.78 is 14.8. The van der Waals surface area contributed by atoms with Crippen molar-refractivity contribution in [2.45, 2.75) is 49.6 Å². The van der Waals surface area contributed by atoms with Crippen LogP contribution in [0.2, 0.25) is 0 Å². The molecule has 3 aliphatic rings. The Morgan fingerprint density at radius 1 is 1.16 bits per heavy atom. The Kier molecular flexibility index (Phi) is 4.56. The van der Waals surface area contributed by atoms with E-state index in [1.54, 1.807) is 6.07 Å². The largest absolute Gasteiger partial charge is 0.317 e. The zero-order valence-electron chi connectivity index (χ0n) is 13.9. The number of fused-ring (bicyclic) bond motifs is 1. The third-order valence-corrected chi connectivity index (χ3v) is 6.14. The van der Waals surface area contributed by atoms with Crippen LogP contribution in [-0.4, -0.2) is 35.8 Å². The van der Waals surface area contributed by atoms with Gasteiger partial charge in [0.15, 0.2) is 0 Å². The molecule has 25 heavy (non-hydrogen) atoms. The Labute approximate surface area is 151 Å². The number of halogens is 1. The molecule has 0 spiro atoms. The smallest absolute Gasteiger partial charge is 0.243 e. The highest BCUT2D eigenvalue weighted by atomic mass is 32.1. The van der Waals surface area contributed by atoms with Gasteiger partial charge in [0.05, 0.1) is 11.4 Å². The molecule has 134 valence electrons. The van der Waals surface area contributed by atoms with Crippen molar-refractivity contribution in [3.63, 3.8) is 0 Å². The molecule has 3 aliphatic heterocycles. The number of amides is 2. The molecule has 1 aromatic carbocycles. The van der Waals surface area contributed by atoms with E-state index >= 15 is 0 Å². The third kappa shape index (κ3) is 3.09. The SMILES string of the molecule is O=C1CCC(N2Cc3cc(C4CCNCC4)cc(F)c3C2S)C(=O)N1. The summed E-state index contributed by atoms with van der Waals surface area (Å²) in [5.74, 6) is -0.403. The molecule has 0 saturated carbocycles. The van der Waals surface area contributed by atoms with Gasteiger partial charge in [-0.1, -0.05) is 6.07 Å². The Morgan fingerprint density at radius 3 is 2.64 bits per heavy atom. The minimum Gasteiger partial charge on any atom is -0.317 e. The lowest BCUT2D eigenvalue weighted by atomic mass is 9.88. The van der Waals surface area contributed by atoms with Gasteiger partial charge < -0.3 is 5.32 Å². The number of carbonyl (C=O) groups is 2. The molecule has 1 aromatic rings. The molecule has 2 unspecified atom stereocenters. The van der Waals surface area contributed by atoms with Crippen molar-refractivity contribution < 1.29 is 14.0 Å². The summed E-state index contributed by atoms with van der Waals surface area (Å²) in [4.78, 5) is 25.4. The number of imide groups is 1. The number of carbonyl (C=O) groups excluding carboxylic acids is 2. The van der Waals surface area contributed by atoms with Gasteiger partial charge in [-0.3, -0.25) is 19.8 Å². The summed E-state index contributed by atoms with van der Waals surface area (Å²) in [6.45, 7) is 2.41. The van der Waals surface area contributed by atoms with Gasteiger partial charge in [0.25, 0.3) is 0 Å². The molecule has 2 atom stereocenters. The summed E-state index contributed by atoms with van der Waals surface area (Å²) in [5.41, 5.74) is 2.53. The van der Waals surface area contributed by atoms with Gasteiger partial charge >= 0.3 is 0 Å². The zero-order valence-corrected chi connectivity index (χ0v) is 14.8. The number of benzene rings is 1. The first-order valence-corrected chi connectivity index (χ1v) is 9.36. The van der Waals surface area contributed by atoms with Crippen molar-refractivity contribution in [3.05, 3.63) is 34.6 Å². The van der Waals surface area contributed by atoms with Crippen LogP contribution >= 0.6 is 12.6 Å². The van der Waals surface area contributed by atoms with Crippen molar-refractivity contribution in [1.29, 1.82) is 0 Å². The molecule has 2 fully saturated rings. The molecule has 0 aliphatic carbocycles. The number of hydrogen-bond acceptors (Lipinski definition) is 5. The van der Waals surface area contributed by atoms with Crippen molar-refractivity contribution in [2.24, 2.45) is 0 Å². The lowest BCUT2D eigenvalue weighted by Gasteiger charge is -2.32. The van der Waals surface area contributed by atoms with E-state index in [1.807, 2.05) is 4.90 Å². The highest BCUT2D eigenvalue weighted by Gasteiger charge is 2.40. The van der Waals surface area contributed by atoms with E-state index in [9.17, 15) is 14.0 Å². The van der Waals surface area contributed by atoms with Crippen molar-refractivity contribution >= 4 is 24.4 Å². The maximum absolute atomic E-state index is 14.8. The zero-order chi connectivity index (χ0) is 17.6. The number of rotatable bonds is 2. The summed E-state index contributed by atoms with van der Waals surface area (Å²) in [6.07, 6.45) is 2.80. The van der Waals surface area contributed by atoms with E-state index in [2.05, 4.69) is 29.3 Å². The van der Waals surface area contributed by atoms with Gasteiger partial charge in [-0.05, 0) is 55.5 Å². The number of thiol groups is 1. The van der Waals surface area contributed by atoms with Crippen LogP contribution in [0.4, 0.5) is 4.39 Å². The fraction of sp³-hybridized carbons (Fsp3) is 0.556. The molecule has 0 aromatic heterocycles. The Bertz CT molecular complexity index is 721. The van der Waals surface area contributed by atoms with E-state index in [-0.39, 0.29) is 17.6 Å². The summed E-state index contributed by atoms with van der Waals surface area (Å²) in [7, 11) is 0. The predicted molar refractivity (Wildman–Crippen MR) is 94.7 cm³/mol. The molecular weight excluding hydrogens is 341 g/mol. The van der Waals surface area contributed by atoms with Gasteiger partial charge in [-0.15, -0.1) is 0 Å². The second-order valence-electron chi connectivity index (χ2n) is 7.11. The van der Waals surface area contributed by atoms with Gasteiger partial charge in [0.2, 0.25) is 11.8 Å². The maximum Gasteiger partial charge on any atom is 0.243 e. The standard InChI is InChI=1S/C18H22FN3O2S/c19-13-8-11(10-3-5-20-6-4-10)7-12-9-22(18(25)16(12)13)14-1-2-15(23)21-17(14)24/h7-8,10,14,18,20,25H,1-6,9H2,(H,21,23,24). The normalized spacial score (nSPS) is 28.1. The molecule has 0 radical (unpaired) electrons. The second-order valence-corrected chi connectivity index (χ2v) is 7.60. The van der Waals surface area contributed by atoms with E-state index in [0.717, 1.165) is 37.1 Å². The lowest BCUT2D eigenvalue weighted by molar-refractivity contribution is -0.137. The summed E-state index contributed by atoms with van der Waals surface area (Å²) in [5, 5.41) is 5.25. The van der Waals surface area contributed by atoms with Crippen LogP contribution in [0.5, 0.6) is 0 Å².